The number of aryl methyl sites for hydroxylation is 1. The van der Waals surface area contributed by atoms with Crippen LogP contribution in [0.15, 0.2) is 5.16 Å². The van der Waals surface area contributed by atoms with Crippen molar-refractivity contribution in [2.75, 3.05) is 7.05 Å². The van der Waals surface area contributed by atoms with Gasteiger partial charge in [-0.3, -0.25) is 5.10 Å². The van der Waals surface area contributed by atoms with Crippen LogP contribution in [0.5, 0.6) is 0 Å². The third-order valence-electron chi connectivity index (χ3n) is 3.01. The smallest absolute Gasteiger partial charge is 0.208 e. The third kappa shape index (κ3) is 2.20. The maximum Gasteiger partial charge on any atom is 0.208 e. The van der Waals surface area contributed by atoms with Gasteiger partial charge in [0.25, 0.3) is 0 Å². The van der Waals surface area contributed by atoms with E-state index in [1.54, 1.807) is 11.8 Å². The molecule has 86 valence electrons. The van der Waals surface area contributed by atoms with Gasteiger partial charge in [-0.15, -0.1) is 5.10 Å². The molecule has 5 nitrogen and oxygen atoms in total. The summed E-state index contributed by atoms with van der Waals surface area (Å²) in [6.45, 7) is 1.89. The predicted octanol–water partition coefficient (Wildman–Crippen LogP) is 1.24. The lowest BCUT2D eigenvalue weighted by molar-refractivity contribution is 0.464. The molecule has 0 bridgehead atoms. The zero-order valence-electron chi connectivity index (χ0n) is 9.45. The molecule has 2 rings (SSSR count). The summed E-state index contributed by atoms with van der Waals surface area (Å²) in [5, 5.41) is 20.4. The molecule has 1 aliphatic carbocycles. The number of nitrogens with zero attached hydrogens (tertiary/aromatic N) is 3. The molecule has 0 saturated heterocycles. The van der Waals surface area contributed by atoms with Crippen molar-refractivity contribution in [3.05, 3.63) is 5.82 Å². The molecule has 0 spiro atoms. The van der Waals surface area contributed by atoms with E-state index in [2.05, 4.69) is 26.6 Å². The molecule has 1 aliphatic rings. The van der Waals surface area contributed by atoms with Gasteiger partial charge in [0.2, 0.25) is 5.16 Å². The molecule has 1 fully saturated rings. The van der Waals surface area contributed by atoms with Gasteiger partial charge in [-0.05, 0) is 33.2 Å². The second kappa shape index (κ2) is 4.44. The normalized spacial score (nSPS) is 29.2. The molecule has 0 aromatic carbocycles. The van der Waals surface area contributed by atoms with Crippen molar-refractivity contribution < 1.29 is 0 Å². The summed E-state index contributed by atoms with van der Waals surface area (Å²) in [6.07, 6.45) is 2.80. The van der Waals surface area contributed by atoms with Crippen molar-refractivity contribution in [3.8, 4) is 6.07 Å². The first-order valence-electron chi connectivity index (χ1n) is 5.33. The van der Waals surface area contributed by atoms with Crippen LogP contribution in [-0.2, 0) is 0 Å². The van der Waals surface area contributed by atoms with Gasteiger partial charge in [-0.2, -0.15) is 5.26 Å². The fourth-order valence-electron chi connectivity index (χ4n) is 2.01. The molecule has 1 aromatic rings. The van der Waals surface area contributed by atoms with E-state index in [1.807, 2.05) is 14.0 Å². The van der Waals surface area contributed by atoms with E-state index in [-0.39, 0.29) is 5.54 Å². The summed E-state index contributed by atoms with van der Waals surface area (Å²) in [5.41, 5.74) is -0.344. The fraction of sp³-hybridized carbons (Fsp3) is 0.700. The van der Waals surface area contributed by atoms with Gasteiger partial charge in [0.1, 0.15) is 11.4 Å². The Labute approximate surface area is 99.0 Å². The van der Waals surface area contributed by atoms with Crippen LogP contribution in [0.1, 0.15) is 25.1 Å². The first-order chi connectivity index (χ1) is 7.67. The van der Waals surface area contributed by atoms with Crippen molar-refractivity contribution in [2.45, 2.75) is 42.1 Å². The zero-order chi connectivity index (χ0) is 11.6. The standard InChI is InChI=1S/C10H15N5S/c1-7-13-9(15-14-7)16-8-3-4-10(5-8,6-11)12-2/h8,12H,3-5H2,1-2H3,(H,13,14,15). The molecule has 2 atom stereocenters. The van der Waals surface area contributed by atoms with Crippen LogP contribution in [0.3, 0.4) is 0 Å². The van der Waals surface area contributed by atoms with Crippen molar-refractivity contribution in [1.82, 2.24) is 20.5 Å². The quantitative estimate of drug-likeness (QED) is 0.827. The van der Waals surface area contributed by atoms with E-state index in [4.69, 9.17) is 5.26 Å². The topological polar surface area (TPSA) is 77.4 Å². The van der Waals surface area contributed by atoms with Gasteiger partial charge in [0.15, 0.2) is 0 Å². The molecule has 1 aromatic heterocycles. The highest BCUT2D eigenvalue weighted by Gasteiger charge is 2.38. The molecule has 2 unspecified atom stereocenters. The molecule has 16 heavy (non-hydrogen) atoms. The summed E-state index contributed by atoms with van der Waals surface area (Å²) < 4.78 is 0. The Morgan fingerprint density at radius 1 is 1.69 bits per heavy atom. The number of aromatic nitrogens is 3. The summed E-state index contributed by atoms with van der Waals surface area (Å²) >= 11 is 1.66. The van der Waals surface area contributed by atoms with E-state index >= 15 is 0 Å². The van der Waals surface area contributed by atoms with Gasteiger partial charge in [-0.1, -0.05) is 11.8 Å². The van der Waals surface area contributed by atoms with Crippen LogP contribution >= 0.6 is 11.8 Å². The summed E-state index contributed by atoms with van der Waals surface area (Å²) in [7, 11) is 1.85. The highest BCUT2D eigenvalue weighted by Crippen LogP contribution is 2.38. The summed E-state index contributed by atoms with van der Waals surface area (Å²) in [5.74, 6) is 0.834. The first-order valence-corrected chi connectivity index (χ1v) is 6.21. The third-order valence-corrected chi connectivity index (χ3v) is 4.14. The van der Waals surface area contributed by atoms with E-state index in [0.29, 0.717) is 5.25 Å². The molecule has 0 aliphatic heterocycles. The number of hydrogen-bond acceptors (Lipinski definition) is 5. The predicted molar refractivity (Wildman–Crippen MR) is 62.0 cm³/mol. The largest absolute Gasteiger partial charge is 0.302 e. The molecule has 2 N–H and O–H groups in total. The second-order valence-corrected chi connectivity index (χ2v) is 5.40. The van der Waals surface area contributed by atoms with Crippen molar-refractivity contribution >= 4 is 11.8 Å². The number of H-pyrrole nitrogens is 1. The maximum absolute atomic E-state index is 9.15. The number of nitrogens with one attached hydrogen (secondary N) is 2. The fourth-order valence-corrected chi connectivity index (χ4v) is 3.20. The molecule has 0 amide bonds. The maximum atomic E-state index is 9.15. The number of rotatable bonds is 3. The minimum absolute atomic E-state index is 0.344. The van der Waals surface area contributed by atoms with Crippen molar-refractivity contribution in [3.63, 3.8) is 0 Å². The van der Waals surface area contributed by atoms with E-state index in [0.717, 1.165) is 30.2 Å². The second-order valence-electron chi connectivity index (χ2n) is 4.13. The Kier molecular flexibility index (Phi) is 3.17. The molecule has 6 heteroatoms. The molecule has 1 heterocycles. The van der Waals surface area contributed by atoms with Crippen LogP contribution in [0.4, 0.5) is 0 Å². The number of nitriles is 1. The minimum Gasteiger partial charge on any atom is -0.302 e. The summed E-state index contributed by atoms with van der Waals surface area (Å²) in [4.78, 5) is 4.27. The minimum atomic E-state index is -0.344. The van der Waals surface area contributed by atoms with Crippen LogP contribution < -0.4 is 5.32 Å². The Morgan fingerprint density at radius 3 is 3.00 bits per heavy atom. The highest BCUT2D eigenvalue weighted by molar-refractivity contribution is 7.99. The average Bonchev–Trinajstić information content (AvgIpc) is 2.87. The Morgan fingerprint density at radius 2 is 2.50 bits per heavy atom. The van der Waals surface area contributed by atoms with Crippen molar-refractivity contribution in [1.29, 1.82) is 5.26 Å². The van der Waals surface area contributed by atoms with Crippen molar-refractivity contribution in [2.24, 2.45) is 0 Å². The highest BCUT2D eigenvalue weighted by atomic mass is 32.2. The van der Waals surface area contributed by atoms with E-state index in [1.165, 1.54) is 0 Å². The summed E-state index contributed by atoms with van der Waals surface area (Å²) in [6, 6.07) is 2.37. The van der Waals surface area contributed by atoms with Gasteiger partial charge >= 0.3 is 0 Å². The Hall–Kier alpha value is -1.06. The van der Waals surface area contributed by atoms with Crippen LogP contribution in [0.2, 0.25) is 0 Å². The number of aromatic amines is 1. The Balaban J connectivity index is 1.97. The average molecular weight is 237 g/mol. The van der Waals surface area contributed by atoms with Gasteiger partial charge in [-0.25, -0.2) is 4.98 Å². The molecule has 1 saturated carbocycles. The lowest BCUT2D eigenvalue weighted by Crippen LogP contribution is -2.38. The monoisotopic (exact) mass is 237 g/mol. The number of hydrogen-bond donors (Lipinski definition) is 2. The van der Waals surface area contributed by atoms with Crippen LogP contribution in [-0.4, -0.2) is 33.0 Å². The number of thioether (sulfide) groups is 1. The SMILES string of the molecule is CNC1(C#N)CCC(Sc2n[nH]c(C)n2)C1. The zero-order valence-corrected chi connectivity index (χ0v) is 10.3. The lowest BCUT2D eigenvalue weighted by atomic mass is 10.0. The molecular formula is C10H15N5S. The van der Waals surface area contributed by atoms with Crippen LogP contribution in [0.25, 0.3) is 0 Å². The van der Waals surface area contributed by atoms with Crippen LogP contribution in [0, 0.1) is 18.3 Å². The lowest BCUT2D eigenvalue weighted by Gasteiger charge is -2.19. The Bertz CT molecular complexity index is 410. The van der Waals surface area contributed by atoms with Gasteiger partial charge < -0.3 is 5.32 Å². The molecular weight excluding hydrogens is 222 g/mol. The first kappa shape index (κ1) is 11.4. The van der Waals surface area contributed by atoms with E-state index in [9.17, 15) is 0 Å². The van der Waals surface area contributed by atoms with Gasteiger partial charge in [0.05, 0.1) is 6.07 Å². The molecule has 0 radical (unpaired) electrons. The van der Waals surface area contributed by atoms with E-state index < -0.39 is 0 Å². The van der Waals surface area contributed by atoms with Gasteiger partial charge in [0, 0.05) is 5.25 Å².